The summed E-state index contributed by atoms with van der Waals surface area (Å²) in [7, 11) is -0.316. The Morgan fingerprint density at radius 3 is 2.33 bits per heavy atom. The van der Waals surface area contributed by atoms with Crippen molar-refractivity contribution in [2.24, 2.45) is 0 Å². The molecule has 2 aromatic carbocycles. The fraction of sp³-hybridized carbons (Fsp3) is 0.333. The molecule has 0 spiro atoms. The molecule has 0 atom stereocenters. The van der Waals surface area contributed by atoms with Gasteiger partial charge < -0.3 is 9.47 Å². The van der Waals surface area contributed by atoms with Crippen molar-refractivity contribution in [2.45, 2.75) is 23.7 Å². The van der Waals surface area contributed by atoms with Gasteiger partial charge in [-0.15, -0.1) is 10.2 Å². The zero-order valence-electron chi connectivity index (χ0n) is 16.8. The van der Waals surface area contributed by atoms with Crippen LogP contribution in [0.4, 0.5) is 0 Å². The molecule has 7 nitrogen and oxygen atoms in total. The Bertz CT molecular complexity index is 1110. The standard InChI is InChI=1S/C21H23N3O4S2/c1-27-16-7-9-17(10-8-16)30(25,26)24-13-11-15(12-14-24)20-22-23-21(29-20)18-5-3-4-6-19(18)28-2/h3-10,15H,11-14H2,1-2H3. The number of hydrogen-bond acceptors (Lipinski definition) is 7. The van der Waals surface area contributed by atoms with Crippen molar-refractivity contribution in [3.8, 4) is 22.1 Å². The summed E-state index contributed by atoms with van der Waals surface area (Å²) in [5.74, 6) is 1.60. The minimum atomic E-state index is -3.51. The molecule has 1 fully saturated rings. The van der Waals surface area contributed by atoms with Crippen LogP contribution in [0.5, 0.6) is 11.5 Å². The van der Waals surface area contributed by atoms with Gasteiger partial charge in [-0.05, 0) is 49.2 Å². The lowest BCUT2D eigenvalue weighted by atomic mass is 9.99. The maximum absolute atomic E-state index is 12.9. The summed E-state index contributed by atoms with van der Waals surface area (Å²) in [4.78, 5) is 0.288. The van der Waals surface area contributed by atoms with Gasteiger partial charge in [0, 0.05) is 19.0 Å². The molecule has 0 saturated carbocycles. The second kappa shape index (κ2) is 8.71. The lowest BCUT2D eigenvalue weighted by Gasteiger charge is -2.30. The van der Waals surface area contributed by atoms with Gasteiger partial charge in [0.1, 0.15) is 16.5 Å². The number of aromatic nitrogens is 2. The van der Waals surface area contributed by atoms with E-state index in [-0.39, 0.29) is 10.8 Å². The van der Waals surface area contributed by atoms with E-state index in [0.29, 0.717) is 18.8 Å². The number of benzene rings is 2. The number of piperidine rings is 1. The summed E-state index contributed by atoms with van der Waals surface area (Å²) in [5, 5.41) is 10.5. The average Bonchev–Trinajstić information content (AvgIpc) is 3.29. The third-order valence-electron chi connectivity index (χ3n) is 5.28. The van der Waals surface area contributed by atoms with Crippen molar-refractivity contribution in [3.05, 3.63) is 53.5 Å². The maximum Gasteiger partial charge on any atom is 0.243 e. The summed E-state index contributed by atoms with van der Waals surface area (Å²) in [6.45, 7) is 0.922. The maximum atomic E-state index is 12.9. The molecule has 4 rings (SSSR count). The highest BCUT2D eigenvalue weighted by atomic mass is 32.2. The third-order valence-corrected chi connectivity index (χ3v) is 8.31. The van der Waals surface area contributed by atoms with Crippen molar-refractivity contribution in [2.75, 3.05) is 27.3 Å². The second-order valence-corrected chi connectivity index (χ2v) is 9.95. The Labute approximate surface area is 180 Å². The molecule has 0 radical (unpaired) electrons. The molecule has 2 heterocycles. The first kappa shape index (κ1) is 20.8. The topological polar surface area (TPSA) is 81.6 Å². The van der Waals surface area contributed by atoms with Crippen molar-refractivity contribution in [3.63, 3.8) is 0 Å². The number of para-hydroxylation sites is 1. The summed E-state index contributed by atoms with van der Waals surface area (Å²) >= 11 is 1.55. The van der Waals surface area contributed by atoms with E-state index in [9.17, 15) is 8.42 Å². The number of sulfonamides is 1. The van der Waals surface area contributed by atoms with Gasteiger partial charge >= 0.3 is 0 Å². The van der Waals surface area contributed by atoms with Crippen molar-refractivity contribution < 1.29 is 17.9 Å². The van der Waals surface area contributed by atoms with Crippen LogP contribution in [-0.2, 0) is 10.0 Å². The Morgan fingerprint density at radius 1 is 0.967 bits per heavy atom. The highest BCUT2D eigenvalue weighted by molar-refractivity contribution is 7.89. The van der Waals surface area contributed by atoms with Gasteiger partial charge in [0.2, 0.25) is 10.0 Å². The number of hydrogen-bond donors (Lipinski definition) is 0. The molecule has 3 aromatic rings. The highest BCUT2D eigenvalue weighted by Crippen LogP contribution is 2.37. The molecule has 0 N–H and O–H groups in total. The van der Waals surface area contributed by atoms with E-state index < -0.39 is 10.0 Å². The number of nitrogens with zero attached hydrogens (tertiary/aromatic N) is 3. The molecular formula is C21H23N3O4S2. The van der Waals surface area contributed by atoms with Crippen LogP contribution in [0, 0.1) is 0 Å². The lowest BCUT2D eigenvalue weighted by molar-refractivity contribution is 0.318. The molecular weight excluding hydrogens is 422 g/mol. The molecule has 9 heteroatoms. The van der Waals surface area contributed by atoms with Crippen LogP contribution in [0.15, 0.2) is 53.4 Å². The zero-order valence-corrected chi connectivity index (χ0v) is 18.4. The normalized spacial score (nSPS) is 15.8. The van der Waals surface area contributed by atoms with E-state index >= 15 is 0 Å². The van der Waals surface area contributed by atoms with Crippen LogP contribution >= 0.6 is 11.3 Å². The van der Waals surface area contributed by atoms with Crippen LogP contribution in [0.2, 0.25) is 0 Å². The van der Waals surface area contributed by atoms with E-state index in [1.54, 1.807) is 54.1 Å². The van der Waals surface area contributed by atoms with Crippen LogP contribution in [0.1, 0.15) is 23.8 Å². The van der Waals surface area contributed by atoms with Crippen LogP contribution in [0.25, 0.3) is 10.6 Å². The third kappa shape index (κ3) is 4.05. The molecule has 1 saturated heterocycles. The van der Waals surface area contributed by atoms with Crippen LogP contribution < -0.4 is 9.47 Å². The summed E-state index contributed by atoms with van der Waals surface area (Å²) in [5.41, 5.74) is 0.920. The van der Waals surface area contributed by atoms with Crippen molar-refractivity contribution in [1.29, 1.82) is 0 Å². The summed E-state index contributed by atoms with van der Waals surface area (Å²) < 4.78 is 38.0. The van der Waals surface area contributed by atoms with Gasteiger partial charge in [-0.25, -0.2) is 8.42 Å². The van der Waals surface area contributed by atoms with E-state index in [4.69, 9.17) is 9.47 Å². The minimum absolute atomic E-state index is 0.202. The smallest absolute Gasteiger partial charge is 0.243 e. The Hall–Kier alpha value is -2.49. The predicted octanol–water partition coefficient (Wildman–Crippen LogP) is 3.79. The van der Waals surface area contributed by atoms with Gasteiger partial charge in [0.25, 0.3) is 0 Å². The van der Waals surface area contributed by atoms with Crippen molar-refractivity contribution >= 4 is 21.4 Å². The number of rotatable bonds is 6. The molecule has 0 bridgehead atoms. The fourth-order valence-electron chi connectivity index (χ4n) is 3.57. The molecule has 0 aliphatic carbocycles. The molecule has 30 heavy (non-hydrogen) atoms. The van der Waals surface area contributed by atoms with Crippen LogP contribution in [-0.4, -0.2) is 50.2 Å². The predicted molar refractivity (Wildman–Crippen MR) is 116 cm³/mol. The zero-order chi connectivity index (χ0) is 21.1. The second-order valence-electron chi connectivity index (χ2n) is 7.00. The van der Waals surface area contributed by atoms with E-state index in [0.717, 1.165) is 34.2 Å². The Morgan fingerprint density at radius 2 is 1.67 bits per heavy atom. The Kier molecular flexibility index (Phi) is 6.03. The van der Waals surface area contributed by atoms with Gasteiger partial charge in [-0.3, -0.25) is 0 Å². The SMILES string of the molecule is COc1ccc(S(=O)(=O)N2CCC(c3nnc(-c4ccccc4OC)s3)CC2)cc1. The fourth-order valence-corrected chi connectivity index (χ4v) is 6.08. The first-order valence-corrected chi connectivity index (χ1v) is 11.9. The molecule has 0 amide bonds. The van der Waals surface area contributed by atoms with E-state index in [2.05, 4.69) is 10.2 Å². The first-order valence-electron chi connectivity index (χ1n) is 9.64. The highest BCUT2D eigenvalue weighted by Gasteiger charge is 2.31. The van der Waals surface area contributed by atoms with Gasteiger partial charge in [0.05, 0.1) is 24.7 Å². The van der Waals surface area contributed by atoms with E-state index in [1.165, 1.54) is 0 Å². The van der Waals surface area contributed by atoms with E-state index in [1.807, 2.05) is 24.3 Å². The van der Waals surface area contributed by atoms with Gasteiger partial charge in [-0.2, -0.15) is 4.31 Å². The Balaban J connectivity index is 1.45. The number of ether oxygens (including phenoxy) is 2. The van der Waals surface area contributed by atoms with Crippen LogP contribution in [0.3, 0.4) is 0 Å². The number of methoxy groups -OCH3 is 2. The molecule has 0 unspecified atom stereocenters. The quantitative estimate of drug-likeness (QED) is 0.574. The van der Waals surface area contributed by atoms with Gasteiger partial charge in [0.15, 0.2) is 5.01 Å². The summed E-state index contributed by atoms with van der Waals surface area (Å²) in [6, 6.07) is 14.2. The van der Waals surface area contributed by atoms with Crippen molar-refractivity contribution in [1.82, 2.24) is 14.5 Å². The lowest BCUT2D eigenvalue weighted by Crippen LogP contribution is -2.37. The molecule has 1 aliphatic heterocycles. The monoisotopic (exact) mass is 445 g/mol. The molecule has 158 valence electrons. The minimum Gasteiger partial charge on any atom is -0.497 e. The summed E-state index contributed by atoms with van der Waals surface area (Å²) in [6.07, 6.45) is 1.44. The molecule has 1 aromatic heterocycles. The largest absolute Gasteiger partial charge is 0.497 e. The average molecular weight is 446 g/mol. The van der Waals surface area contributed by atoms with Gasteiger partial charge in [-0.1, -0.05) is 23.5 Å². The first-order chi connectivity index (χ1) is 14.5. The molecule has 1 aliphatic rings.